The Labute approximate surface area is 165 Å². The number of carbonyl (C=O) groups excluding carboxylic acids is 2. The van der Waals surface area contributed by atoms with Gasteiger partial charge in [0.15, 0.2) is 15.0 Å². The average molecular weight is 439 g/mol. The third kappa shape index (κ3) is 4.35. The molecule has 12 heteroatoms. The first-order valence-corrected chi connectivity index (χ1v) is 11.5. The van der Waals surface area contributed by atoms with Crippen molar-refractivity contribution in [2.75, 3.05) is 11.6 Å². The average Bonchev–Trinajstić information content (AvgIpc) is 3.01. The van der Waals surface area contributed by atoms with Gasteiger partial charge in [0.25, 0.3) is 5.91 Å². The van der Waals surface area contributed by atoms with E-state index in [0.29, 0.717) is 10.2 Å². The second-order valence-corrected chi connectivity index (χ2v) is 9.71. The molecule has 2 N–H and O–H groups in total. The van der Waals surface area contributed by atoms with Crippen molar-refractivity contribution < 1.29 is 26.4 Å². The van der Waals surface area contributed by atoms with Crippen LogP contribution in [0.4, 0.5) is 9.93 Å². The number of anilines is 1. The number of nitrogens with zero attached hydrogens (tertiary/aromatic N) is 1. The van der Waals surface area contributed by atoms with E-state index in [9.17, 15) is 26.4 Å². The number of nitrogens with one attached hydrogen (secondary N) is 2. The Morgan fingerprint density at radius 2 is 2.00 bits per heavy atom. The van der Waals surface area contributed by atoms with E-state index in [1.165, 1.54) is 30.4 Å². The molecule has 3 amide bonds. The number of sulfone groups is 1. The monoisotopic (exact) mass is 439 g/mol. The van der Waals surface area contributed by atoms with Crippen molar-refractivity contribution >= 4 is 63.6 Å². The molecule has 3 rings (SSSR count). The number of rotatable bonds is 3. The van der Waals surface area contributed by atoms with Crippen LogP contribution >= 0.6 is 11.3 Å². The number of aromatic nitrogens is 1. The van der Waals surface area contributed by atoms with Gasteiger partial charge >= 0.3 is 6.03 Å². The van der Waals surface area contributed by atoms with Crippen LogP contribution in [0.2, 0.25) is 0 Å². The standard InChI is InChI=1S/C16H13N3O6S3/c1-28(24,25)9-6-7-11-12(8-9)26-16(17-11)19-15(21)18-14(20)10-4-2-3-5-13(10)27(22)23/h2-4,6-8H,5H2,1H3,(H2,17,18,19,20,21). The molecule has 2 aromatic rings. The molecule has 0 bridgehead atoms. The lowest BCUT2D eigenvalue weighted by Gasteiger charge is -2.09. The summed E-state index contributed by atoms with van der Waals surface area (Å²) in [4.78, 5) is 28.4. The highest BCUT2D eigenvalue weighted by Crippen LogP contribution is 2.28. The maximum absolute atomic E-state index is 12.2. The van der Waals surface area contributed by atoms with Crippen molar-refractivity contribution in [3.8, 4) is 0 Å². The number of benzene rings is 1. The van der Waals surface area contributed by atoms with E-state index in [-0.39, 0.29) is 26.9 Å². The van der Waals surface area contributed by atoms with E-state index in [2.05, 4.69) is 10.3 Å². The first kappa shape index (κ1) is 19.9. The zero-order valence-electron chi connectivity index (χ0n) is 14.3. The second-order valence-electron chi connectivity index (χ2n) is 5.70. The van der Waals surface area contributed by atoms with Crippen LogP contribution < -0.4 is 10.6 Å². The quantitative estimate of drug-likeness (QED) is 0.687. The molecule has 1 aromatic heterocycles. The summed E-state index contributed by atoms with van der Waals surface area (Å²) in [5, 5.41) is 4.58. The van der Waals surface area contributed by atoms with Crippen LogP contribution in [0.5, 0.6) is 0 Å². The van der Waals surface area contributed by atoms with Gasteiger partial charge in [-0.25, -0.2) is 18.2 Å². The molecule has 0 aliphatic heterocycles. The normalized spacial score (nSPS) is 13.9. The number of fused-ring (bicyclic) bond motifs is 1. The van der Waals surface area contributed by atoms with Gasteiger partial charge < -0.3 is 0 Å². The van der Waals surface area contributed by atoms with Crippen molar-refractivity contribution in [1.29, 1.82) is 0 Å². The summed E-state index contributed by atoms with van der Waals surface area (Å²) in [5.74, 6) is -0.860. The molecule has 0 saturated heterocycles. The number of carbonyl (C=O) groups is 2. The molecule has 0 spiro atoms. The van der Waals surface area contributed by atoms with E-state index in [0.717, 1.165) is 17.6 Å². The zero-order chi connectivity index (χ0) is 20.5. The number of amides is 3. The van der Waals surface area contributed by atoms with Gasteiger partial charge in [-0.05, 0) is 24.3 Å². The SMILES string of the molecule is CS(=O)(=O)c1ccc2nc(NC(=O)NC(=O)C3=CC=CCC3=S(=O)=O)sc2c1. The molecule has 28 heavy (non-hydrogen) atoms. The molecule has 1 heterocycles. The Bertz CT molecular complexity index is 1290. The largest absolute Gasteiger partial charge is 0.327 e. The lowest BCUT2D eigenvalue weighted by Crippen LogP contribution is -2.37. The summed E-state index contributed by atoms with van der Waals surface area (Å²) >= 11 is 1.04. The van der Waals surface area contributed by atoms with Crippen molar-refractivity contribution in [1.82, 2.24) is 10.3 Å². The lowest BCUT2D eigenvalue weighted by atomic mass is 10.0. The van der Waals surface area contributed by atoms with Crippen LogP contribution in [0.1, 0.15) is 6.42 Å². The van der Waals surface area contributed by atoms with Crippen LogP contribution in [0.25, 0.3) is 10.2 Å². The Morgan fingerprint density at radius 1 is 1.25 bits per heavy atom. The highest BCUT2D eigenvalue weighted by Gasteiger charge is 2.21. The van der Waals surface area contributed by atoms with Gasteiger partial charge in [0.1, 0.15) is 0 Å². The van der Waals surface area contributed by atoms with Gasteiger partial charge in [-0.1, -0.05) is 23.5 Å². The first-order chi connectivity index (χ1) is 13.1. The van der Waals surface area contributed by atoms with Crippen molar-refractivity contribution in [3.05, 3.63) is 42.0 Å². The minimum absolute atomic E-state index is 0.0670. The van der Waals surface area contributed by atoms with E-state index in [1.807, 2.05) is 5.32 Å². The summed E-state index contributed by atoms with van der Waals surface area (Å²) in [5.41, 5.74) is 0.365. The summed E-state index contributed by atoms with van der Waals surface area (Å²) < 4.78 is 46.2. The second kappa shape index (κ2) is 7.66. The molecule has 146 valence electrons. The van der Waals surface area contributed by atoms with Gasteiger partial charge in [-0.3, -0.25) is 15.4 Å². The van der Waals surface area contributed by atoms with Crippen LogP contribution in [0.15, 0.2) is 46.9 Å². The van der Waals surface area contributed by atoms with Crippen molar-refractivity contribution in [2.24, 2.45) is 0 Å². The first-order valence-electron chi connectivity index (χ1n) is 7.70. The number of imide groups is 1. The number of hydrogen-bond acceptors (Lipinski definition) is 8. The molecular weight excluding hydrogens is 426 g/mol. The number of urea groups is 1. The van der Waals surface area contributed by atoms with Gasteiger partial charge in [-0.2, -0.15) is 8.42 Å². The third-order valence-electron chi connectivity index (χ3n) is 3.68. The molecule has 9 nitrogen and oxygen atoms in total. The van der Waals surface area contributed by atoms with Gasteiger partial charge in [0.05, 0.1) is 25.5 Å². The topological polar surface area (TPSA) is 139 Å². The predicted molar refractivity (Wildman–Crippen MR) is 106 cm³/mol. The van der Waals surface area contributed by atoms with E-state index in [1.54, 1.807) is 6.08 Å². The van der Waals surface area contributed by atoms with E-state index < -0.39 is 32.1 Å². The number of hydrogen-bond donors (Lipinski definition) is 2. The fourth-order valence-corrected chi connectivity index (χ4v) is 4.58. The maximum atomic E-state index is 12.2. The molecule has 1 aromatic carbocycles. The minimum Gasteiger partial charge on any atom is -0.283 e. The Kier molecular flexibility index (Phi) is 5.45. The Morgan fingerprint density at radius 3 is 2.68 bits per heavy atom. The van der Waals surface area contributed by atoms with Crippen LogP contribution in [0, 0.1) is 0 Å². The number of thiazole rings is 1. The lowest BCUT2D eigenvalue weighted by molar-refractivity contribution is -0.115. The summed E-state index contributed by atoms with van der Waals surface area (Å²) in [6.45, 7) is 0. The Hall–Kier alpha value is -2.83. The Balaban J connectivity index is 1.76. The third-order valence-corrected chi connectivity index (χ3v) is 6.52. The summed E-state index contributed by atoms with van der Waals surface area (Å²) in [6, 6.07) is 3.48. The molecule has 0 fully saturated rings. The molecule has 0 saturated carbocycles. The molecular formula is C16H13N3O6S3. The van der Waals surface area contributed by atoms with E-state index >= 15 is 0 Å². The van der Waals surface area contributed by atoms with E-state index in [4.69, 9.17) is 0 Å². The summed E-state index contributed by atoms with van der Waals surface area (Å²) in [7, 11) is -5.96. The van der Waals surface area contributed by atoms with Gasteiger partial charge in [-0.15, -0.1) is 0 Å². The fraction of sp³-hybridized carbons (Fsp3) is 0.125. The zero-order valence-corrected chi connectivity index (χ0v) is 16.7. The maximum Gasteiger partial charge on any atom is 0.327 e. The number of allylic oxidation sites excluding steroid dienone is 3. The molecule has 1 aliphatic rings. The van der Waals surface area contributed by atoms with Crippen LogP contribution in [-0.2, 0) is 24.9 Å². The van der Waals surface area contributed by atoms with Gasteiger partial charge in [0, 0.05) is 12.7 Å². The fourth-order valence-electron chi connectivity index (χ4n) is 2.39. The molecule has 0 unspecified atom stereocenters. The minimum atomic E-state index is -3.38. The van der Waals surface area contributed by atoms with Gasteiger partial charge in [0.2, 0.25) is 10.3 Å². The predicted octanol–water partition coefficient (Wildman–Crippen LogP) is 1.29. The van der Waals surface area contributed by atoms with Crippen LogP contribution in [0.3, 0.4) is 0 Å². The smallest absolute Gasteiger partial charge is 0.283 e. The van der Waals surface area contributed by atoms with Crippen molar-refractivity contribution in [3.63, 3.8) is 0 Å². The van der Waals surface area contributed by atoms with Crippen LogP contribution in [-0.4, -0.2) is 44.9 Å². The molecule has 0 atom stereocenters. The molecule has 0 radical (unpaired) electrons. The highest BCUT2D eigenvalue weighted by atomic mass is 32.2. The summed E-state index contributed by atoms with van der Waals surface area (Å²) in [6.07, 6.45) is 5.56. The highest BCUT2D eigenvalue weighted by molar-refractivity contribution is 7.90. The van der Waals surface area contributed by atoms with Crippen molar-refractivity contribution in [2.45, 2.75) is 11.3 Å². The molecule has 1 aliphatic carbocycles.